The van der Waals surface area contributed by atoms with Crippen molar-refractivity contribution in [3.63, 3.8) is 0 Å². The third-order valence-corrected chi connectivity index (χ3v) is 2.16. The third kappa shape index (κ3) is 4.62. The minimum Gasteiger partial charge on any atom is -0.448 e. The second-order valence-electron chi connectivity index (χ2n) is 3.51. The van der Waals surface area contributed by atoms with Gasteiger partial charge in [-0.05, 0) is 5.56 Å². The van der Waals surface area contributed by atoms with Gasteiger partial charge in [-0.1, -0.05) is 30.3 Å². The van der Waals surface area contributed by atoms with Crippen molar-refractivity contribution in [1.29, 1.82) is 0 Å². The number of amides is 1. The number of carbonyl (C=O) groups is 1. The van der Waals surface area contributed by atoms with Gasteiger partial charge in [0.25, 0.3) is 0 Å². The topological polar surface area (TPSA) is 64.4 Å². The van der Waals surface area contributed by atoms with E-state index in [1.54, 1.807) is 6.07 Å². The van der Waals surface area contributed by atoms with E-state index in [1.807, 2.05) is 0 Å². The molecule has 3 N–H and O–H groups in total. The number of primary amides is 1. The van der Waals surface area contributed by atoms with Crippen molar-refractivity contribution < 1.29 is 22.7 Å². The van der Waals surface area contributed by atoms with Gasteiger partial charge in [0.15, 0.2) is 0 Å². The average molecular weight is 262 g/mol. The van der Waals surface area contributed by atoms with E-state index in [1.165, 1.54) is 24.3 Å². The van der Waals surface area contributed by atoms with E-state index in [4.69, 9.17) is 5.73 Å². The lowest BCUT2D eigenvalue weighted by Gasteiger charge is -2.21. The molecular formula is C11H13F3N2O2. The molecule has 0 fully saturated rings. The molecule has 0 saturated heterocycles. The molecule has 1 aromatic carbocycles. The number of rotatable bonds is 5. The van der Waals surface area contributed by atoms with E-state index in [2.05, 4.69) is 10.1 Å². The lowest BCUT2D eigenvalue weighted by atomic mass is 10.1. The predicted octanol–water partition coefficient (Wildman–Crippen LogP) is 1.97. The number of halogens is 3. The minimum atomic E-state index is -4.42. The zero-order chi connectivity index (χ0) is 13.6. The first-order valence-corrected chi connectivity index (χ1v) is 5.18. The zero-order valence-electron chi connectivity index (χ0n) is 9.41. The second-order valence-corrected chi connectivity index (χ2v) is 3.51. The van der Waals surface area contributed by atoms with Crippen LogP contribution in [0.15, 0.2) is 30.3 Å². The van der Waals surface area contributed by atoms with Gasteiger partial charge in [-0.25, -0.2) is 4.79 Å². The molecule has 4 nitrogen and oxygen atoms in total. The summed E-state index contributed by atoms with van der Waals surface area (Å²) in [5.41, 5.74) is 4.80. The number of ether oxygens (including phenoxy) is 1. The van der Waals surface area contributed by atoms with Crippen LogP contribution < -0.4 is 11.1 Å². The fraction of sp³-hybridized carbons (Fsp3) is 0.364. The number of alkyl halides is 3. The van der Waals surface area contributed by atoms with Crippen LogP contribution in [0.1, 0.15) is 11.6 Å². The summed E-state index contributed by atoms with van der Waals surface area (Å²) >= 11 is 0. The van der Waals surface area contributed by atoms with E-state index in [-0.39, 0.29) is 18.7 Å². The van der Waals surface area contributed by atoms with Gasteiger partial charge in [-0.3, -0.25) is 5.32 Å². The lowest BCUT2D eigenvalue weighted by molar-refractivity contribution is -0.158. The molecule has 0 radical (unpaired) electrons. The Bertz CT molecular complexity index is 382. The molecule has 0 aliphatic rings. The van der Waals surface area contributed by atoms with Crippen LogP contribution >= 0.6 is 0 Å². The average Bonchev–Trinajstić information content (AvgIpc) is 2.28. The van der Waals surface area contributed by atoms with Crippen molar-refractivity contribution in [2.24, 2.45) is 5.73 Å². The Morgan fingerprint density at radius 2 is 1.94 bits per heavy atom. The number of carbonyl (C=O) groups excluding carboxylic acids is 1. The molecule has 0 bridgehead atoms. The quantitative estimate of drug-likeness (QED) is 0.797. The minimum absolute atomic E-state index is 0.101. The smallest absolute Gasteiger partial charge is 0.407 e. The fourth-order valence-electron chi connectivity index (χ4n) is 1.42. The van der Waals surface area contributed by atoms with Crippen molar-refractivity contribution in [2.75, 3.05) is 13.2 Å². The van der Waals surface area contributed by atoms with Crippen LogP contribution in [-0.4, -0.2) is 25.4 Å². The molecule has 100 valence electrons. The Morgan fingerprint density at radius 1 is 1.33 bits per heavy atom. The highest BCUT2D eigenvalue weighted by atomic mass is 19.4. The first kappa shape index (κ1) is 14.3. The summed E-state index contributed by atoms with van der Waals surface area (Å²) in [6, 6.07) is 5.63. The van der Waals surface area contributed by atoms with Crippen molar-refractivity contribution in [3.05, 3.63) is 35.9 Å². The molecule has 0 aliphatic heterocycles. The normalized spacial score (nSPS) is 13.1. The molecule has 0 spiro atoms. The molecule has 18 heavy (non-hydrogen) atoms. The van der Waals surface area contributed by atoms with Crippen molar-refractivity contribution in [1.82, 2.24) is 5.32 Å². The van der Waals surface area contributed by atoms with Crippen molar-refractivity contribution in [3.8, 4) is 0 Å². The van der Waals surface area contributed by atoms with Crippen LogP contribution in [0.4, 0.5) is 18.0 Å². The highest BCUT2D eigenvalue weighted by Crippen LogP contribution is 2.32. The van der Waals surface area contributed by atoms with Crippen LogP contribution in [0.2, 0.25) is 0 Å². The number of benzene rings is 1. The molecule has 1 aromatic rings. The first-order valence-electron chi connectivity index (χ1n) is 5.18. The molecule has 0 aromatic heterocycles. The summed E-state index contributed by atoms with van der Waals surface area (Å²) in [5, 5.41) is 2.27. The van der Waals surface area contributed by atoms with E-state index >= 15 is 0 Å². The Morgan fingerprint density at radius 3 is 2.44 bits per heavy atom. The predicted molar refractivity (Wildman–Crippen MR) is 58.8 cm³/mol. The Balaban J connectivity index is 2.61. The summed E-state index contributed by atoms with van der Waals surface area (Å²) in [7, 11) is 0. The molecule has 7 heteroatoms. The van der Waals surface area contributed by atoms with E-state index in [0.29, 0.717) is 0 Å². The maximum atomic E-state index is 12.8. The highest BCUT2D eigenvalue weighted by molar-refractivity contribution is 5.64. The van der Waals surface area contributed by atoms with E-state index in [9.17, 15) is 18.0 Å². The lowest BCUT2D eigenvalue weighted by Crippen LogP contribution is -2.36. The van der Waals surface area contributed by atoms with Crippen LogP contribution in [0.5, 0.6) is 0 Å². The van der Waals surface area contributed by atoms with Crippen LogP contribution in [-0.2, 0) is 4.74 Å². The maximum absolute atomic E-state index is 12.8. The van der Waals surface area contributed by atoms with Gasteiger partial charge in [-0.15, -0.1) is 0 Å². The number of hydrogen-bond donors (Lipinski definition) is 2. The van der Waals surface area contributed by atoms with E-state index < -0.39 is 18.3 Å². The summed E-state index contributed by atoms with van der Waals surface area (Å²) in [6.07, 6.45) is -5.44. The summed E-state index contributed by atoms with van der Waals surface area (Å²) in [6.45, 7) is -0.350. The maximum Gasteiger partial charge on any atom is 0.407 e. The molecule has 0 saturated carbocycles. The van der Waals surface area contributed by atoms with Gasteiger partial charge in [0.05, 0.1) is 0 Å². The van der Waals surface area contributed by atoms with Gasteiger partial charge in [-0.2, -0.15) is 13.2 Å². The SMILES string of the molecule is NC(=O)OCCNC(c1ccccc1)C(F)(F)F. The Kier molecular flexibility index (Phi) is 4.96. The van der Waals surface area contributed by atoms with Crippen LogP contribution in [0.3, 0.4) is 0 Å². The monoisotopic (exact) mass is 262 g/mol. The molecular weight excluding hydrogens is 249 g/mol. The zero-order valence-corrected chi connectivity index (χ0v) is 9.41. The van der Waals surface area contributed by atoms with Gasteiger partial charge in [0, 0.05) is 6.54 Å². The Labute approximate surface area is 102 Å². The largest absolute Gasteiger partial charge is 0.448 e. The highest BCUT2D eigenvalue weighted by Gasteiger charge is 2.40. The molecule has 0 heterocycles. The van der Waals surface area contributed by atoms with Gasteiger partial charge in [0.2, 0.25) is 0 Å². The van der Waals surface area contributed by atoms with Crippen molar-refractivity contribution >= 4 is 6.09 Å². The van der Waals surface area contributed by atoms with Crippen molar-refractivity contribution in [2.45, 2.75) is 12.2 Å². The molecule has 1 amide bonds. The van der Waals surface area contributed by atoms with Gasteiger partial charge in [0.1, 0.15) is 12.6 Å². The first-order chi connectivity index (χ1) is 8.41. The molecule has 1 unspecified atom stereocenters. The molecule has 1 atom stereocenters. The van der Waals surface area contributed by atoms with Gasteiger partial charge < -0.3 is 10.5 Å². The van der Waals surface area contributed by atoms with Gasteiger partial charge >= 0.3 is 12.3 Å². The Hall–Kier alpha value is -1.76. The number of nitrogens with one attached hydrogen (secondary N) is 1. The molecule has 0 aliphatic carbocycles. The van der Waals surface area contributed by atoms with Crippen LogP contribution in [0.25, 0.3) is 0 Å². The standard InChI is InChI=1S/C11H13F3N2O2/c12-11(13,14)9(8-4-2-1-3-5-8)16-6-7-18-10(15)17/h1-5,9,16H,6-7H2,(H2,15,17). The number of hydrogen-bond acceptors (Lipinski definition) is 3. The molecule has 1 rings (SSSR count). The summed E-state index contributed by atoms with van der Waals surface area (Å²) in [4.78, 5) is 10.3. The van der Waals surface area contributed by atoms with E-state index in [0.717, 1.165) is 0 Å². The summed E-state index contributed by atoms with van der Waals surface area (Å²) < 4.78 is 42.7. The number of nitrogens with two attached hydrogens (primary N) is 1. The fourth-order valence-corrected chi connectivity index (χ4v) is 1.42. The second kappa shape index (κ2) is 6.25. The summed E-state index contributed by atoms with van der Waals surface area (Å²) in [5.74, 6) is 0. The third-order valence-electron chi connectivity index (χ3n) is 2.16. The van der Waals surface area contributed by atoms with Crippen LogP contribution in [0, 0.1) is 0 Å².